The normalized spacial score (nSPS) is 12.4. The first-order valence-corrected chi connectivity index (χ1v) is 10.6. The molecule has 1 heterocycles. The summed E-state index contributed by atoms with van der Waals surface area (Å²) in [6.07, 6.45) is 0.584. The van der Waals surface area contributed by atoms with Crippen LogP contribution >= 0.6 is 11.3 Å². The number of rotatable bonds is 7. The monoisotopic (exact) mass is 407 g/mol. The van der Waals surface area contributed by atoms with Crippen LogP contribution in [-0.4, -0.2) is 37.2 Å². The molecule has 0 saturated heterocycles. The summed E-state index contributed by atoms with van der Waals surface area (Å²) in [5.41, 5.74) is 1.79. The Morgan fingerprint density at radius 1 is 1.15 bits per heavy atom. The molecule has 1 aromatic carbocycles. The fourth-order valence-electron chi connectivity index (χ4n) is 2.25. The molecule has 0 amide bonds. The van der Waals surface area contributed by atoms with Crippen LogP contribution in [0.25, 0.3) is 0 Å². The van der Waals surface area contributed by atoms with Crippen molar-refractivity contribution in [1.82, 2.24) is 4.72 Å². The summed E-state index contributed by atoms with van der Waals surface area (Å²) in [5, 5.41) is 18.1. The van der Waals surface area contributed by atoms with Crippen LogP contribution in [0.5, 0.6) is 0 Å². The molecule has 0 saturated carbocycles. The molecule has 0 aliphatic carbocycles. The van der Waals surface area contributed by atoms with Crippen LogP contribution in [-0.2, 0) is 21.2 Å². The van der Waals surface area contributed by atoms with Gasteiger partial charge in [-0.3, -0.25) is 4.79 Å². The van der Waals surface area contributed by atoms with E-state index >= 15 is 0 Å². The molecule has 8 heteroatoms. The average Bonchev–Trinajstić information content (AvgIpc) is 3.09. The molecule has 1 atom stereocenters. The first-order valence-electron chi connectivity index (χ1n) is 8.29. The van der Waals surface area contributed by atoms with E-state index in [0.29, 0.717) is 11.3 Å². The number of hydrogen-bond donors (Lipinski definition) is 3. The van der Waals surface area contributed by atoms with Crippen molar-refractivity contribution in [2.75, 3.05) is 6.61 Å². The van der Waals surface area contributed by atoms with Gasteiger partial charge in [0.05, 0.1) is 4.88 Å². The van der Waals surface area contributed by atoms with Crippen LogP contribution in [0, 0.1) is 17.8 Å². The zero-order valence-electron chi connectivity index (χ0n) is 15.0. The second kappa shape index (κ2) is 9.15. The van der Waals surface area contributed by atoms with Crippen LogP contribution in [0.3, 0.4) is 0 Å². The minimum absolute atomic E-state index is 0.0250. The van der Waals surface area contributed by atoms with E-state index < -0.39 is 22.0 Å². The molecule has 0 bridgehead atoms. The molecule has 1 aromatic heterocycles. The van der Waals surface area contributed by atoms with E-state index in [4.69, 9.17) is 10.2 Å². The summed E-state index contributed by atoms with van der Waals surface area (Å²) in [5.74, 6) is 4.28. The summed E-state index contributed by atoms with van der Waals surface area (Å²) >= 11 is 0.986. The molecule has 0 aliphatic heterocycles. The van der Waals surface area contributed by atoms with Crippen molar-refractivity contribution in [3.63, 3.8) is 0 Å². The summed E-state index contributed by atoms with van der Waals surface area (Å²) < 4.78 is 27.1. The van der Waals surface area contributed by atoms with Crippen LogP contribution in [0.1, 0.15) is 29.9 Å². The molecular weight excluding hydrogens is 386 g/mol. The highest BCUT2D eigenvalue weighted by atomic mass is 32.2. The van der Waals surface area contributed by atoms with Gasteiger partial charge in [0.2, 0.25) is 0 Å². The number of aliphatic carboxylic acids is 1. The van der Waals surface area contributed by atoms with E-state index in [-0.39, 0.29) is 16.7 Å². The van der Waals surface area contributed by atoms with E-state index in [1.807, 2.05) is 24.3 Å². The van der Waals surface area contributed by atoms with Crippen molar-refractivity contribution in [1.29, 1.82) is 0 Å². The van der Waals surface area contributed by atoms with E-state index in [9.17, 15) is 13.2 Å². The molecule has 0 radical (unpaired) electrons. The van der Waals surface area contributed by atoms with Gasteiger partial charge in [0.1, 0.15) is 10.3 Å². The Bertz CT molecular complexity index is 950. The van der Waals surface area contributed by atoms with Gasteiger partial charge < -0.3 is 10.2 Å². The fraction of sp³-hybridized carbons (Fsp3) is 0.316. The topological polar surface area (TPSA) is 104 Å². The third-order valence-electron chi connectivity index (χ3n) is 3.75. The summed E-state index contributed by atoms with van der Waals surface area (Å²) in [6.45, 7) is 3.36. The molecule has 2 aromatic rings. The molecule has 0 fully saturated rings. The van der Waals surface area contributed by atoms with Gasteiger partial charge in [-0.15, -0.1) is 11.3 Å². The van der Waals surface area contributed by atoms with Crippen molar-refractivity contribution in [2.45, 2.75) is 30.5 Å². The van der Waals surface area contributed by atoms with Crippen molar-refractivity contribution >= 4 is 27.3 Å². The molecule has 1 unspecified atom stereocenters. The highest BCUT2D eigenvalue weighted by Gasteiger charge is 2.28. The molecule has 0 spiro atoms. The zero-order valence-corrected chi connectivity index (χ0v) is 16.6. The van der Waals surface area contributed by atoms with E-state index in [2.05, 4.69) is 16.6 Å². The largest absolute Gasteiger partial charge is 0.480 e. The van der Waals surface area contributed by atoms with Gasteiger partial charge in [-0.1, -0.05) is 37.8 Å². The Morgan fingerprint density at radius 3 is 2.37 bits per heavy atom. The number of carboxylic acid groups (broad SMARTS) is 1. The first-order chi connectivity index (χ1) is 12.7. The summed E-state index contributed by atoms with van der Waals surface area (Å²) in [6, 6.07) is 9.26. The smallest absolute Gasteiger partial charge is 0.322 e. The Balaban J connectivity index is 2.15. The molecule has 6 nitrogen and oxygen atoms in total. The van der Waals surface area contributed by atoms with Gasteiger partial charge in [-0.05, 0) is 42.2 Å². The number of thiophene rings is 1. The second-order valence-corrected chi connectivity index (χ2v) is 9.25. The molecule has 3 N–H and O–H groups in total. The predicted octanol–water partition coefficient (Wildman–Crippen LogP) is 2.07. The van der Waals surface area contributed by atoms with Gasteiger partial charge in [0, 0.05) is 12.2 Å². The summed E-state index contributed by atoms with van der Waals surface area (Å²) in [7, 11) is -3.93. The van der Waals surface area contributed by atoms with Crippen molar-refractivity contribution in [3.05, 3.63) is 52.4 Å². The van der Waals surface area contributed by atoms with Gasteiger partial charge in [-0.25, -0.2) is 8.42 Å². The van der Waals surface area contributed by atoms with E-state index in [1.165, 1.54) is 6.07 Å². The first kappa shape index (κ1) is 21.1. The number of aliphatic hydroxyl groups is 1. The highest BCUT2D eigenvalue weighted by molar-refractivity contribution is 7.91. The van der Waals surface area contributed by atoms with Crippen LogP contribution in [0.4, 0.5) is 0 Å². The Labute approximate surface area is 162 Å². The lowest BCUT2D eigenvalue weighted by molar-refractivity contribution is -0.140. The van der Waals surface area contributed by atoms with Crippen LogP contribution in [0.2, 0.25) is 0 Å². The van der Waals surface area contributed by atoms with Gasteiger partial charge in [-0.2, -0.15) is 4.72 Å². The molecule has 0 aliphatic rings. The standard InChI is InChI=1S/C19H21NO5S2/c1-13(2)18(19(22)23)20-27(24,25)17-10-9-16(26-17)8-7-14-3-5-15(6-4-14)11-12-21/h3-6,9-10,13,18,20-21H,11-12H2,1-2H3,(H,22,23). The fourth-order valence-corrected chi connectivity index (χ4v) is 4.76. The minimum atomic E-state index is -3.93. The number of nitrogens with one attached hydrogen (secondary N) is 1. The van der Waals surface area contributed by atoms with Crippen molar-refractivity contribution < 1.29 is 23.4 Å². The predicted molar refractivity (Wildman–Crippen MR) is 104 cm³/mol. The number of aliphatic hydroxyl groups excluding tert-OH is 1. The molecule has 2 rings (SSSR count). The SMILES string of the molecule is CC(C)C(NS(=O)(=O)c1ccc(C#Cc2ccc(CCO)cc2)s1)C(=O)O. The Hall–Kier alpha value is -2.18. The summed E-state index contributed by atoms with van der Waals surface area (Å²) in [4.78, 5) is 11.8. The maximum Gasteiger partial charge on any atom is 0.322 e. The average molecular weight is 408 g/mol. The minimum Gasteiger partial charge on any atom is -0.480 e. The van der Waals surface area contributed by atoms with E-state index in [1.54, 1.807) is 19.9 Å². The third-order valence-corrected chi connectivity index (χ3v) is 6.68. The zero-order chi connectivity index (χ0) is 20.0. The third kappa shape index (κ3) is 5.91. The maximum atomic E-state index is 12.4. The quantitative estimate of drug-likeness (QED) is 0.610. The second-order valence-electron chi connectivity index (χ2n) is 6.22. The van der Waals surface area contributed by atoms with Crippen molar-refractivity contribution in [3.8, 4) is 11.8 Å². The van der Waals surface area contributed by atoms with E-state index in [0.717, 1.165) is 22.5 Å². The molecule has 144 valence electrons. The van der Waals surface area contributed by atoms with Crippen LogP contribution < -0.4 is 4.72 Å². The molecule has 27 heavy (non-hydrogen) atoms. The lowest BCUT2D eigenvalue weighted by Gasteiger charge is -2.17. The maximum absolute atomic E-state index is 12.4. The van der Waals surface area contributed by atoms with Crippen molar-refractivity contribution in [2.24, 2.45) is 5.92 Å². The number of carboxylic acids is 1. The lowest BCUT2D eigenvalue weighted by Crippen LogP contribution is -2.43. The van der Waals surface area contributed by atoms with Gasteiger partial charge >= 0.3 is 5.97 Å². The Morgan fingerprint density at radius 2 is 1.81 bits per heavy atom. The van der Waals surface area contributed by atoms with Gasteiger partial charge in [0.25, 0.3) is 10.0 Å². The number of hydrogen-bond acceptors (Lipinski definition) is 5. The Kier molecular flexibility index (Phi) is 7.16. The van der Waals surface area contributed by atoms with Crippen LogP contribution in [0.15, 0.2) is 40.6 Å². The number of carbonyl (C=O) groups is 1. The number of benzene rings is 1. The number of sulfonamides is 1. The molecular formula is C19H21NO5S2. The highest BCUT2D eigenvalue weighted by Crippen LogP contribution is 2.22. The van der Waals surface area contributed by atoms with Gasteiger partial charge in [0.15, 0.2) is 0 Å². The lowest BCUT2D eigenvalue weighted by atomic mass is 10.1.